The van der Waals surface area contributed by atoms with Gasteiger partial charge in [-0.1, -0.05) is 42.5 Å². The summed E-state index contributed by atoms with van der Waals surface area (Å²) in [6.45, 7) is 3.41. The van der Waals surface area contributed by atoms with Gasteiger partial charge in [0.05, 0.1) is 25.2 Å². The fourth-order valence-electron chi connectivity index (χ4n) is 4.65. The van der Waals surface area contributed by atoms with Gasteiger partial charge in [0.1, 0.15) is 17.5 Å². The van der Waals surface area contributed by atoms with E-state index >= 15 is 0 Å². The Morgan fingerprint density at radius 3 is 2.19 bits per heavy atom. The number of sulfonamides is 1. The molecule has 1 aliphatic rings. The third kappa shape index (κ3) is 8.09. The largest absolute Gasteiger partial charge is 0.497 e. The average molecular weight is 596 g/mol. The van der Waals surface area contributed by atoms with Crippen molar-refractivity contribution in [2.24, 2.45) is 0 Å². The van der Waals surface area contributed by atoms with Crippen LogP contribution in [0, 0.1) is 0 Å². The first kappa shape index (κ1) is 31.0. The second-order valence-electron chi connectivity index (χ2n) is 9.75. The molecule has 1 unspecified atom stereocenters. The Morgan fingerprint density at radius 2 is 1.57 bits per heavy atom. The van der Waals surface area contributed by atoms with E-state index in [-0.39, 0.29) is 29.9 Å². The van der Waals surface area contributed by atoms with E-state index in [1.807, 2.05) is 49.4 Å². The lowest BCUT2D eigenvalue weighted by molar-refractivity contribution is -0.142. The van der Waals surface area contributed by atoms with Crippen LogP contribution in [0.3, 0.4) is 0 Å². The molecular weight excluding hydrogens is 558 g/mol. The van der Waals surface area contributed by atoms with Gasteiger partial charge < -0.3 is 24.4 Å². The number of methoxy groups -OCH3 is 1. The molecule has 4 rings (SSSR count). The summed E-state index contributed by atoms with van der Waals surface area (Å²) in [7, 11) is -2.07. The first-order chi connectivity index (χ1) is 20.3. The highest BCUT2D eigenvalue weighted by atomic mass is 32.2. The topological polar surface area (TPSA) is 114 Å². The highest BCUT2D eigenvalue weighted by Crippen LogP contribution is 2.22. The molecule has 42 heavy (non-hydrogen) atoms. The highest BCUT2D eigenvalue weighted by molar-refractivity contribution is 7.89. The monoisotopic (exact) mass is 595 g/mol. The van der Waals surface area contributed by atoms with Crippen LogP contribution in [0.15, 0.2) is 83.8 Å². The van der Waals surface area contributed by atoms with Crippen molar-refractivity contribution in [1.29, 1.82) is 0 Å². The second-order valence-corrected chi connectivity index (χ2v) is 11.7. The van der Waals surface area contributed by atoms with Crippen LogP contribution in [0.2, 0.25) is 0 Å². The molecule has 0 radical (unpaired) electrons. The minimum absolute atomic E-state index is 0.142. The molecule has 1 aliphatic heterocycles. The van der Waals surface area contributed by atoms with Crippen LogP contribution in [0.5, 0.6) is 11.5 Å². The van der Waals surface area contributed by atoms with Gasteiger partial charge in [-0.3, -0.25) is 9.59 Å². The average Bonchev–Trinajstić information content (AvgIpc) is 3.03. The zero-order valence-corrected chi connectivity index (χ0v) is 24.7. The molecule has 3 aromatic rings. The summed E-state index contributed by atoms with van der Waals surface area (Å²) in [5, 5.41) is 2.86. The van der Waals surface area contributed by atoms with E-state index in [1.54, 1.807) is 19.2 Å². The van der Waals surface area contributed by atoms with Gasteiger partial charge in [0.15, 0.2) is 6.61 Å². The summed E-state index contributed by atoms with van der Waals surface area (Å²) in [6.07, 6.45) is 0.322. The van der Waals surface area contributed by atoms with Gasteiger partial charge in [-0.15, -0.1) is 0 Å². The lowest BCUT2D eigenvalue weighted by Crippen LogP contribution is -2.51. The molecule has 1 fully saturated rings. The maximum Gasteiger partial charge on any atom is 0.261 e. The van der Waals surface area contributed by atoms with Crippen molar-refractivity contribution < 1.29 is 32.2 Å². The number of benzene rings is 3. The maximum atomic E-state index is 13.7. The predicted octanol–water partition coefficient (Wildman–Crippen LogP) is 2.87. The molecule has 1 saturated heterocycles. The first-order valence-electron chi connectivity index (χ1n) is 13.9. The van der Waals surface area contributed by atoms with E-state index in [0.717, 1.165) is 11.1 Å². The molecule has 3 aromatic carbocycles. The Bertz CT molecular complexity index is 1410. The predicted molar refractivity (Wildman–Crippen MR) is 158 cm³/mol. The number of nitrogens with zero attached hydrogens (tertiary/aromatic N) is 2. The molecule has 0 bridgehead atoms. The number of rotatable bonds is 13. The summed E-state index contributed by atoms with van der Waals surface area (Å²) in [6, 6.07) is 22.0. The summed E-state index contributed by atoms with van der Waals surface area (Å²) in [4.78, 5) is 28.7. The quantitative estimate of drug-likeness (QED) is 0.323. The van der Waals surface area contributed by atoms with E-state index < -0.39 is 16.1 Å². The van der Waals surface area contributed by atoms with Crippen molar-refractivity contribution >= 4 is 21.8 Å². The van der Waals surface area contributed by atoms with Crippen molar-refractivity contribution in [3.05, 3.63) is 90.0 Å². The molecular formula is C31H37N3O7S. The van der Waals surface area contributed by atoms with Crippen molar-refractivity contribution in [3.63, 3.8) is 0 Å². The van der Waals surface area contributed by atoms with Crippen molar-refractivity contribution in [2.45, 2.75) is 30.8 Å². The normalized spacial score (nSPS) is 14.5. The number of hydrogen-bond acceptors (Lipinski definition) is 7. The van der Waals surface area contributed by atoms with E-state index in [2.05, 4.69) is 5.32 Å². The van der Waals surface area contributed by atoms with Gasteiger partial charge in [0.2, 0.25) is 15.9 Å². The smallest absolute Gasteiger partial charge is 0.261 e. The van der Waals surface area contributed by atoms with Crippen LogP contribution in [0.25, 0.3) is 0 Å². The summed E-state index contributed by atoms with van der Waals surface area (Å²) in [5.41, 5.74) is 1.74. The Labute approximate surface area is 247 Å². The number of morpholine rings is 1. The van der Waals surface area contributed by atoms with Crippen LogP contribution in [-0.4, -0.2) is 82.0 Å². The van der Waals surface area contributed by atoms with Gasteiger partial charge in [0, 0.05) is 32.6 Å². The third-order valence-corrected chi connectivity index (χ3v) is 8.84. The molecule has 1 heterocycles. The number of likely N-dealkylation sites (N-methyl/N-ethyl adjacent to an activating group) is 1. The van der Waals surface area contributed by atoms with E-state index in [4.69, 9.17) is 14.2 Å². The van der Waals surface area contributed by atoms with E-state index in [9.17, 15) is 18.0 Å². The minimum atomic E-state index is -3.65. The van der Waals surface area contributed by atoms with Gasteiger partial charge >= 0.3 is 0 Å². The molecule has 0 aliphatic carbocycles. The molecule has 11 heteroatoms. The number of hydrogen-bond donors (Lipinski definition) is 1. The number of nitrogens with one attached hydrogen (secondary N) is 1. The Kier molecular flexibility index (Phi) is 10.9. The highest BCUT2D eigenvalue weighted by Gasteiger charge is 2.31. The zero-order valence-electron chi connectivity index (χ0n) is 23.9. The van der Waals surface area contributed by atoms with Crippen LogP contribution in [0.1, 0.15) is 18.1 Å². The molecule has 0 aromatic heterocycles. The molecule has 0 spiro atoms. The third-order valence-electron chi connectivity index (χ3n) is 6.93. The van der Waals surface area contributed by atoms with Crippen LogP contribution in [-0.2, 0) is 37.3 Å². The van der Waals surface area contributed by atoms with Gasteiger partial charge in [0.25, 0.3) is 5.91 Å². The van der Waals surface area contributed by atoms with Gasteiger partial charge in [-0.2, -0.15) is 4.31 Å². The fourth-order valence-corrected chi connectivity index (χ4v) is 6.05. The van der Waals surface area contributed by atoms with E-state index in [1.165, 1.54) is 33.5 Å². The standard InChI is InChI=1S/C31H37N3O7S/c1-3-32-31(36)29(21-24-7-5-4-6-8-24)34(22-25-9-11-26(39-2)12-10-25)30(35)23-41-27-13-15-28(16-14-27)42(37,38)33-17-19-40-20-18-33/h4-16,29H,3,17-23H2,1-2H3,(H,32,36). The zero-order chi connectivity index (χ0) is 30.0. The molecule has 10 nitrogen and oxygen atoms in total. The SMILES string of the molecule is CCNC(=O)C(Cc1ccccc1)N(Cc1ccc(OC)cc1)C(=O)COc1ccc(S(=O)(=O)N2CCOCC2)cc1. The van der Waals surface area contributed by atoms with Gasteiger partial charge in [-0.05, 0) is 54.4 Å². The van der Waals surface area contributed by atoms with Crippen LogP contribution >= 0.6 is 0 Å². The second kappa shape index (κ2) is 14.8. The number of carbonyl (C=O) groups excluding carboxylic acids is 2. The first-order valence-corrected chi connectivity index (χ1v) is 15.3. The number of carbonyl (C=O) groups is 2. The summed E-state index contributed by atoms with van der Waals surface area (Å²) < 4.78 is 43.6. The molecule has 224 valence electrons. The van der Waals surface area contributed by atoms with E-state index in [0.29, 0.717) is 50.8 Å². The molecule has 1 atom stereocenters. The molecule has 1 N–H and O–H groups in total. The van der Waals surface area contributed by atoms with Crippen molar-refractivity contribution in [2.75, 3.05) is 46.6 Å². The molecule has 2 amide bonds. The fraction of sp³-hybridized carbons (Fsp3) is 0.355. The Hall–Kier alpha value is -3.93. The number of amides is 2. The van der Waals surface area contributed by atoms with Gasteiger partial charge in [-0.25, -0.2) is 8.42 Å². The summed E-state index contributed by atoms with van der Waals surface area (Å²) >= 11 is 0. The molecule has 0 saturated carbocycles. The van der Waals surface area contributed by atoms with Crippen molar-refractivity contribution in [3.8, 4) is 11.5 Å². The lowest BCUT2D eigenvalue weighted by atomic mass is 10.0. The van der Waals surface area contributed by atoms with Crippen molar-refractivity contribution in [1.82, 2.24) is 14.5 Å². The number of ether oxygens (including phenoxy) is 3. The van der Waals surface area contributed by atoms with Crippen LogP contribution < -0.4 is 14.8 Å². The maximum absolute atomic E-state index is 13.7. The Morgan fingerprint density at radius 1 is 0.929 bits per heavy atom. The summed E-state index contributed by atoms with van der Waals surface area (Å²) in [5.74, 6) is 0.374. The van der Waals surface area contributed by atoms with Crippen LogP contribution in [0.4, 0.5) is 0 Å². The Balaban J connectivity index is 1.53. The lowest BCUT2D eigenvalue weighted by Gasteiger charge is -2.31. The minimum Gasteiger partial charge on any atom is -0.497 e.